The molecular formula is C16H16N2. The zero-order valence-corrected chi connectivity index (χ0v) is 10.9. The van der Waals surface area contributed by atoms with Gasteiger partial charge in [0.2, 0.25) is 6.33 Å². The molecule has 3 rings (SSSR count). The standard InChI is InChI=1S/C16H16N2/c1-12-13(2)18(11-17(12)3)16-10-6-8-14-7-4-5-9-15(14)16/h4-10H,1-3H3. The number of nitrogens with zero attached hydrogens (tertiary/aromatic N) is 2. The number of hydrogen-bond donors (Lipinski definition) is 0. The van der Waals surface area contributed by atoms with Crippen LogP contribution in [0.5, 0.6) is 0 Å². The summed E-state index contributed by atoms with van der Waals surface area (Å²) in [6.45, 7) is 4.25. The minimum atomic E-state index is 1.19. The van der Waals surface area contributed by atoms with Gasteiger partial charge in [0.15, 0.2) is 0 Å². The van der Waals surface area contributed by atoms with E-state index in [1.54, 1.807) is 0 Å². The Morgan fingerprint density at radius 1 is 1.00 bits per heavy atom. The molecule has 0 bridgehead atoms. The van der Waals surface area contributed by atoms with Crippen LogP contribution in [-0.2, 0) is 7.05 Å². The Kier molecular flexibility index (Phi) is 2.44. The van der Waals surface area contributed by atoms with Crippen molar-refractivity contribution in [2.45, 2.75) is 13.8 Å². The van der Waals surface area contributed by atoms with Crippen molar-refractivity contribution in [3.8, 4) is 5.69 Å². The maximum absolute atomic E-state index is 3.35. The van der Waals surface area contributed by atoms with E-state index in [1.165, 1.54) is 27.8 Å². The van der Waals surface area contributed by atoms with Gasteiger partial charge in [-0.1, -0.05) is 42.5 Å². The lowest BCUT2D eigenvalue weighted by Crippen LogP contribution is -2.29. The van der Waals surface area contributed by atoms with Crippen molar-refractivity contribution in [2.75, 3.05) is 0 Å². The summed E-state index contributed by atoms with van der Waals surface area (Å²) >= 11 is 0. The van der Waals surface area contributed by atoms with Crippen LogP contribution in [0.1, 0.15) is 11.4 Å². The van der Waals surface area contributed by atoms with Crippen LogP contribution in [0.4, 0.5) is 0 Å². The minimum absolute atomic E-state index is 1.19. The predicted octanol–water partition coefficient (Wildman–Crippen LogP) is 2.87. The van der Waals surface area contributed by atoms with Crippen molar-refractivity contribution in [3.63, 3.8) is 0 Å². The Morgan fingerprint density at radius 3 is 2.44 bits per heavy atom. The van der Waals surface area contributed by atoms with E-state index in [9.17, 15) is 0 Å². The molecular weight excluding hydrogens is 220 g/mol. The Labute approximate surface area is 107 Å². The number of fused-ring (bicyclic) bond motifs is 1. The minimum Gasteiger partial charge on any atom is -0.323 e. The van der Waals surface area contributed by atoms with Gasteiger partial charge in [-0.3, -0.25) is 0 Å². The highest BCUT2D eigenvalue weighted by Gasteiger charge is 2.09. The zero-order valence-electron chi connectivity index (χ0n) is 10.9. The number of imidazole rings is 1. The molecule has 1 heterocycles. The molecule has 0 saturated carbocycles. The summed E-state index contributed by atoms with van der Waals surface area (Å²) in [5.41, 5.74) is 3.66. The molecule has 18 heavy (non-hydrogen) atoms. The summed E-state index contributed by atoms with van der Waals surface area (Å²) < 4.78 is 4.18. The fraction of sp³-hybridized carbons (Fsp3) is 0.188. The summed E-state index contributed by atoms with van der Waals surface area (Å²) in [7, 11) is 2.03. The normalized spacial score (nSPS) is 11.1. The number of hydrogen-bond acceptors (Lipinski definition) is 0. The van der Waals surface area contributed by atoms with Crippen LogP contribution in [0.15, 0.2) is 42.5 Å². The molecule has 0 N–H and O–H groups in total. The van der Waals surface area contributed by atoms with Gasteiger partial charge in [-0.25, -0.2) is 0 Å². The van der Waals surface area contributed by atoms with Crippen molar-refractivity contribution in [1.29, 1.82) is 0 Å². The van der Waals surface area contributed by atoms with Gasteiger partial charge in [-0.2, -0.15) is 0 Å². The summed E-state index contributed by atoms with van der Waals surface area (Å²) in [6.07, 6.45) is 3.35. The highest BCUT2D eigenvalue weighted by molar-refractivity contribution is 5.90. The maximum Gasteiger partial charge on any atom is 0.243 e. The van der Waals surface area contributed by atoms with E-state index in [1.807, 2.05) is 11.6 Å². The van der Waals surface area contributed by atoms with E-state index in [4.69, 9.17) is 0 Å². The average molecular weight is 236 g/mol. The zero-order chi connectivity index (χ0) is 12.7. The van der Waals surface area contributed by atoms with Gasteiger partial charge in [0.25, 0.3) is 0 Å². The van der Waals surface area contributed by atoms with Crippen LogP contribution in [0.3, 0.4) is 0 Å². The largest absolute Gasteiger partial charge is 0.323 e. The van der Waals surface area contributed by atoms with E-state index < -0.39 is 0 Å². The van der Waals surface area contributed by atoms with Crippen LogP contribution in [-0.4, -0.2) is 4.57 Å². The third kappa shape index (κ3) is 1.53. The molecule has 0 amide bonds. The van der Waals surface area contributed by atoms with Gasteiger partial charge >= 0.3 is 0 Å². The number of benzene rings is 2. The van der Waals surface area contributed by atoms with Gasteiger partial charge in [0.05, 0.1) is 12.7 Å². The van der Waals surface area contributed by atoms with Crippen molar-refractivity contribution < 1.29 is 4.57 Å². The van der Waals surface area contributed by atoms with Crippen LogP contribution in [0.2, 0.25) is 0 Å². The molecule has 0 aliphatic rings. The van der Waals surface area contributed by atoms with Crippen molar-refractivity contribution in [1.82, 2.24) is 4.57 Å². The molecule has 0 fully saturated rings. The topological polar surface area (TPSA) is 8.81 Å². The third-order valence-corrected chi connectivity index (χ3v) is 3.62. The van der Waals surface area contributed by atoms with Crippen LogP contribution < -0.4 is 4.57 Å². The smallest absolute Gasteiger partial charge is 0.243 e. The Bertz CT molecular complexity index is 718. The third-order valence-electron chi connectivity index (χ3n) is 3.62. The quantitative estimate of drug-likeness (QED) is 0.454. The van der Waals surface area contributed by atoms with Crippen LogP contribution >= 0.6 is 0 Å². The summed E-state index contributed by atoms with van der Waals surface area (Å²) in [5, 5.41) is 2.52. The summed E-state index contributed by atoms with van der Waals surface area (Å²) in [5.74, 6) is 0. The first-order valence-corrected chi connectivity index (χ1v) is 6.14. The molecule has 90 valence electrons. The Hall–Kier alpha value is -2.09. The second-order valence-electron chi connectivity index (χ2n) is 4.66. The molecule has 3 aromatic rings. The van der Waals surface area contributed by atoms with Crippen molar-refractivity contribution in [2.24, 2.45) is 7.05 Å². The lowest BCUT2D eigenvalue weighted by Gasteiger charge is -2.10. The van der Waals surface area contributed by atoms with Crippen LogP contribution in [0, 0.1) is 20.2 Å². The second-order valence-corrected chi connectivity index (χ2v) is 4.66. The fourth-order valence-electron chi connectivity index (χ4n) is 2.34. The lowest BCUT2D eigenvalue weighted by atomic mass is 10.1. The Morgan fingerprint density at radius 2 is 1.72 bits per heavy atom. The number of rotatable bonds is 1. The number of aryl methyl sites for hydroxylation is 1. The van der Waals surface area contributed by atoms with E-state index in [-0.39, 0.29) is 0 Å². The highest BCUT2D eigenvalue weighted by Crippen LogP contribution is 2.23. The summed E-state index contributed by atoms with van der Waals surface area (Å²) in [6, 6.07) is 14.8. The van der Waals surface area contributed by atoms with Crippen molar-refractivity contribution >= 4 is 10.8 Å². The maximum atomic E-state index is 3.35. The first-order valence-electron chi connectivity index (χ1n) is 6.14. The first kappa shape index (κ1) is 11.0. The molecule has 2 aromatic carbocycles. The van der Waals surface area contributed by atoms with Gasteiger partial charge in [-0.05, 0) is 24.6 Å². The van der Waals surface area contributed by atoms with E-state index in [2.05, 4.69) is 67.2 Å². The SMILES string of the molecule is Cc1c(C)[n+](C)[c-]n1-c1cccc2ccccc12. The molecule has 0 radical (unpaired) electrons. The molecule has 0 unspecified atom stereocenters. The average Bonchev–Trinajstić information content (AvgIpc) is 2.66. The highest BCUT2D eigenvalue weighted by atomic mass is 15.1. The van der Waals surface area contributed by atoms with Crippen LogP contribution in [0.25, 0.3) is 16.5 Å². The predicted molar refractivity (Wildman–Crippen MR) is 72.8 cm³/mol. The molecule has 2 heteroatoms. The molecule has 0 saturated heterocycles. The molecule has 0 aliphatic carbocycles. The molecule has 2 nitrogen and oxygen atoms in total. The van der Waals surface area contributed by atoms with E-state index in [0.29, 0.717) is 0 Å². The fourth-order valence-corrected chi connectivity index (χ4v) is 2.34. The summed E-state index contributed by atoms with van der Waals surface area (Å²) in [4.78, 5) is 0. The molecule has 0 aliphatic heterocycles. The number of aromatic nitrogens is 2. The van der Waals surface area contributed by atoms with Gasteiger partial charge in [0, 0.05) is 11.4 Å². The van der Waals surface area contributed by atoms with E-state index >= 15 is 0 Å². The first-order chi connectivity index (χ1) is 8.68. The van der Waals surface area contributed by atoms with Crippen molar-refractivity contribution in [3.05, 3.63) is 60.2 Å². The van der Waals surface area contributed by atoms with Gasteiger partial charge in [-0.15, -0.1) is 0 Å². The molecule has 0 atom stereocenters. The van der Waals surface area contributed by atoms with Gasteiger partial charge < -0.3 is 9.13 Å². The molecule has 1 aromatic heterocycles. The lowest BCUT2D eigenvalue weighted by molar-refractivity contribution is -0.681. The molecule has 0 spiro atoms. The monoisotopic (exact) mass is 236 g/mol. The van der Waals surface area contributed by atoms with E-state index in [0.717, 1.165) is 0 Å². The van der Waals surface area contributed by atoms with Gasteiger partial charge in [0.1, 0.15) is 0 Å². The Balaban J connectivity index is 2.35. The second kappa shape index (κ2) is 3.98.